The van der Waals surface area contributed by atoms with Gasteiger partial charge in [-0.05, 0) is 12.0 Å². The van der Waals surface area contributed by atoms with E-state index in [1.165, 1.54) is 6.08 Å². The van der Waals surface area contributed by atoms with Crippen molar-refractivity contribution in [3.63, 3.8) is 0 Å². The van der Waals surface area contributed by atoms with Crippen molar-refractivity contribution in [2.24, 2.45) is 5.73 Å². The van der Waals surface area contributed by atoms with Crippen LogP contribution in [0.2, 0.25) is 0 Å². The molecule has 3 N–H and O–H groups in total. The molecular weight excluding hydrogens is 178 g/mol. The summed E-state index contributed by atoms with van der Waals surface area (Å²) in [5.74, 6) is -0.964. The van der Waals surface area contributed by atoms with E-state index in [-0.39, 0.29) is 6.04 Å². The first-order valence-electron chi connectivity index (χ1n) is 4.39. The van der Waals surface area contributed by atoms with Gasteiger partial charge in [0.1, 0.15) is 0 Å². The summed E-state index contributed by atoms with van der Waals surface area (Å²) in [5.41, 5.74) is 6.81. The van der Waals surface area contributed by atoms with Crippen molar-refractivity contribution in [3.8, 4) is 0 Å². The van der Waals surface area contributed by atoms with Gasteiger partial charge < -0.3 is 10.8 Å². The van der Waals surface area contributed by atoms with Gasteiger partial charge >= 0.3 is 5.97 Å². The molecule has 3 nitrogen and oxygen atoms in total. The van der Waals surface area contributed by atoms with Crippen molar-refractivity contribution in [2.45, 2.75) is 12.5 Å². The number of hydrogen-bond donors (Lipinski definition) is 2. The average Bonchev–Trinajstić information content (AvgIpc) is 2.16. The Hall–Kier alpha value is -1.61. The van der Waals surface area contributed by atoms with Gasteiger partial charge in [-0.1, -0.05) is 36.4 Å². The van der Waals surface area contributed by atoms with Crippen LogP contribution in [0.1, 0.15) is 5.56 Å². The largest absolute Gasteiger partial charge is 0.478 e. The van der Waals surface area contributed by atoms with Crippen molar-refractivity contribution >= 4 is 5.97 Å². The summed E-state index contributed by atoms with van der Waals surface area (Å²) in [6.07, 6.45) is 3.23. The molecule has 14 heavy (non-hydrogen) atoms. The Morgan fingerprint density at radius 2 is 2.07 bits per heavy atom. The Balaban J connectivity index is 2.49. The van der Waals surface area contributed by atoms with Gasteiger partial charge in [0.05, 0.1) is 0 Å². The van der Waals surface area contributed by atoms with E-state index in [9.17, 15) is 4.79 Å². The first-order chi connectivity index (χ1) is 6.68. The van der Waals surface area contributed by atoms with Crippen molar-refractivity contribution in [1.29, 1.82) is 0 Å². The first kappa shape index (κ1) is 10.5. The molecule has 1 aromatic carbocycles. The third-order valence-corrected chi connectivity index (χ3v) is 1.80. The van der Waals surface area contributed by atoms with Crippen LogP contribution >= 0.6 is 0 Å². The van der Waals surface area contributed by atoms with Crippen molar-refractivity contribution in [1.82, 2.24) is 0 Å². The zero-order chi connectivity index (χ0) is 10.4. The predicted molar refractivity (Wildman–Crippen MR) is 54.9 cm³/mol. The van der Waals surface area contributed by atoms with Crippen LogP contribution in [0, 0.1) is 0 Å². The van der Waals surface area contributed by atoms with E-state index in [4.69, 9.17) is 10.8 Å². The highest BCUT2D eigenvalue weighted by atomic mass is 16.4. The fourth-order valence-electron chi connectivity index (χ4n) is 1.16. The van der Waals surface area contributed by atoms with Gasteiger partial charge in [-0.25, -0.2) is 4.79 Å². The lowest BCUT2D eigenvalue weighted by Crippen LogP contribution is -2.20. The summed E-state index contributed by atoms with van der Waals surface area (Å²) in [6, 6.07) is 9.49. The fourth-order valence-corrected chi connectivity index (χ4v) is 1.16. The topological polar surface area (TPSA) is 63.3 Å². The van der Waals surface area contributed by atoms with Crippen molar-refractivity contribution < 1.29 is 9.90 Å². The van der Waals surface area contributed by atoms with E-state index in [1.54, 1.807) is 0 Å². The van der Waals surface area contributed by atoms with Gasteiger partial charge in [-0.3, -0.25) is 0 Å². The Labute approximate surface area is 82.9 Å². The molecule has 0 saturated carbocycles. The van der Waals surface area contributed by atoms with E-state index in [0.717, 1.165) is 11.6 Å². The molecular formula is C11H13NO2. The predicted octanol–water partition coefficient (Wildman–Crippen LogP) is 1.20. The maximum Gasteiger partial charge on any atom is 0.328 e. The number of rotatable bonds is 4. The standard InChI is InChI=1S/C11H13NO2/c12-10(6-7-11(13)14)8-9-4-2-1-3-5-9/h1-7,10H,8,12H2,(H,13,14)/b7-6+/t10-/m0/s1. The first-order valence-corrected chi connectivity index (χ1v) is 4.39. The fraction of sp³-hybridized carbons (Fsp3) is 0.182. The number of carboxylic acid groups (broad SMARTS) is 1. The van der Waals surface area contributed by atoms with Crippen LogP contribution in [-0.4, -0.2) is 17.1 Å². The molecule has 1 aromatic rings. The Morgan fingerprint density at radius 1 is 1.43 bits per heavy atom. The normalized spacial score (nSPS) is 12.9. The maximum atomic E-state index is 10.2. The molecule has 0 unspecified atom stereocenters. The molecule has 0 fully saturated rings. The Bertz CT molecular complexity index is 319. The minimum Gasteiger partial charge on any atom is -0.478 e. The molecule has 0 saturated heterocycles. The summed E-state index contributed by atoms with van der Waals surface area (Å²) in [6.45, 7) is 0. The van der Waals surface area contributed by atoms with Crippen LogP contribution in [0.5, 0.6) is 0 Å². The summed E-state index contributed by atoms with van der Waals surface area (Å²) < 4.78 is 0. The lowest BCUT2D eigenvalue weighted by molar-refractivity contribution is -0.131. The molecule has 1 atom stereocenters. The maximum absolute atomic E-state index is 10.2. The Kier molecular flexibility index (Phi) is 3.88. The van der Waals surface area contributed by atoms with Crippen LogP contribution in [0.4, 0.5) is 0 Å². The highest BCUT2D eigenvalue weighted by Gasteiger charge is 1.99. The molecule has 0 heterocycles. The SMILES string of the molecule is N[C@@H](/C=C/C(=O)O)Cc1ccccc1. The second-order valence-corrected chi connectivity index (χ2v) is 3.05. The molecule has 3 heteroatoms. The molecule has 1 rings (SSSR count). The smallest absolute Gasteiger partial charge is 0.328 e. The number of hydrogen-bond acceptors (Lipinski definition) is 2. The van der Waals surface area contributed by atoms with Gasteiger partial charge in [0, 0.05) is 12.1 Å². The average molecular weight is 191 g/mol. The van der Waals surface area contributed by atoms with E-state index in [1.807, 2.05) is 30.3 Å². The summed E-state index contributed by atoms with van der Waals surface area (Å²) in [4.78, 5) is 10.2. The second-order valence-electron chi connectivity index (χ2n) is 3.05. The third kappa shape index (κ3) is 3.87. The van der Waals surface area contributed by atoms with Gasteiger partial charge in [-0.15, -0.1) is 0 Å². The van der Waals surface area contributed by atoms with Gasteiger partial charge in [-0.2, -0.15) is 0 Å². The van der Waals surface area contributed by atoms with Crippen LogP contribution in [-0.2, 0) is 11.2 Å². The van der Waals surface area contributed by atoms with Crippen LogP contribution in [0.25, 0.3) is 0 Å². The highest BCUT2D eigenvalue weighted by Crippen LogP contribution is 2.02. The van der Waals surface area contributed by atoms with E-state index in [2.05, 4.69) is 0 Å². The van der Waals surface area contributed by atoms with Crippen LogP contribution < -0.4 is 5.73 Å². The number of benzene rings is 1. The number of aliphatic carboxylic acids is 1. The lowest BCUT2D eigenvalue weighted by Gasteiger charge is -2.05. The van der Waals surface area contributed by atoms with Gasteiger partial charge in [0.15, 0.2) is 0 Å². The van der Waals surface area contributed by atoms with E-state index < -0.39 is 5.97 Å². The number of nitrogens with two attached hydrogens (primary N) is 1. The van der Waals surface area contributed by atoms with Crippen molar-refractivity contribution in [3.05, 3.63) is 48.0 Å². The molecule has 0 aromatic heterocycles. The van der Waals surface area contributed by atoms with Gasteiger partial charge in [0.25, 0.3) is 0 Å². The van der Waals surface area contributed by atoms with Crippen LogP contribution in [0.15, 0.2) is 42.5 Å². The molecule has 0 aliphatic heterocycles. The molecule has 74 valence electrons. The number of carbonyl (C=O) groups is 1. The highest BCUT2D eigenvalue weighted by molar-refractivity contribution is 5.79. The quantitative estimate of drug-likeness (QED) is 0.703. The lowest BCUT2D eigenvalue weighted by atomic mass is 10.1. The second kappa shape index (κ2) is 5.19. The monoisotopic (exact) mass is 191 g/mol. The minimum atomic E-state index is -0.964. The molecule has 0 aliphatic rings. The molecule has 0 aliphatic carbocycles. The van der Waals surface area contributed by atoms with Gasteiger partial charge in [0.2, 0.25) is 0 Å². The van der Waals surface area contributed by atoms with E-state index >= 15 is 0 Å². The van der Waals surface area contributed by atoms with E-state index in [0.29, 0.717) is 6.42 Å². The zero-order valence-corrected chi connectivity index (χ0v) is 7.76. The zero-order valence-electron chi connectivity index (χ0n) is 7.76. The molecule has 0 spiro atoms. The minimum absolute atomic E-state index is 0.242. The molecule has 0 radical (unpaired) electrons. The Morgan fingerprint density at radius 3 is 2.64 bits per heavy atom. The summed E-state index contributed by atoms with van der Waals surface area (Å²) in [7, 11) is 0. The summed E-state index contributed by atoms with van der Waals surface area (Å²) >= 11 is 0. The molecule has 0 amide bonds. The third-order valence-electron chi connectivity index (χ3n) is 1.80. The summed E-state index contributed by atoms with van der Waals surface area (Å²) in [5, 5.41) is 8.39. The number of carboxylic acids is 1. The van der Waals surface area contributed by atoms with Crippen molar-refractivity contribution in [2.75, 3.05) is 0 Å². The molecule has 0 bridgehead atoms. The van der Waals surface area contributed by atoms with Crippen LogP contribution in [0.3, 0.4) is 0 Å².